The van der Waals surface area contributed by atoms with Crippen molar-refractivity contribution in [2.75, 3.05) is 31.9 Å². The first kappa shape index (κ1) is 18.4. The second-order valence-corrected chi connectivity index (χ2v) is 9.82. The van der Waals surface area contributed by atoms with Crippen molar-refractivity contribution in [3.63, 3.8) is 0 Å². The summed E-state index contributed by atoms with van der Waals surface area (Å²) < 4.78 is 52.6. The van der Waals surface area contributed by atoms with Gasteiger partial charge in [0.1, 0.15) is 0 Å². The van der Waals surface area contributed by atoms with Gasteiger partial charge in [-0.25, -0.2) is 21.1 Å². The second-order valence-electron chi connectivity index (χ2n) is 5.79. The van der Waals surface area contributed by atoms with Gasteiger partial charge in [-0.15, -0.1) is 0 Å². The number of hydrogen-bond acceptors (Lipinski definition) is 4. The molecule has 1 aliphatic rings. The zero-order valence-electron chi connectivity index (χ0n) is 13.6. The Kier molecular flexibility index (Phi) is 5.83. The van der Waals surface area contributed by atoms with Gasteiger partial charge in [0.15, 0.2) is 0 Å². The molecule has 1 aliphatic heterocycles. The standard InChI is InChI=1S/C15H24N2O4S2/c1-3-12-22(18,19)16-8-5-9-17(11-10-16)23(20,21)15-7-4-6-14(2)13-15/h4,6-7,13H,3,5,8-12H2,1-2H3. The van der Waals surface area contributed by atoms with Crippen molar-refractivity contribution in [1.82, 2.24) is 8.61 Å². The van der Waals surface area contributed by atoms with Crippen LogP contribution in [-0.4, -0.2) is 57.4 Å². The highest BCUT2D eigenvalue weighted by Crippen LogP contribution is 2.19. The van der Waals surface area contributed by atoms with E-state index in [2.05, 4.69) is 0 Å². The van der Waals surface area contributed by atoms with E-state index in [1.54, 1.807) is 18.2 Å². The first-order valence-electron chi connectivity index (χ1n) is 7.82. The lowest BCUT2D eigenvalue weighted by Crippen LogP contribution is -2.38. The fourth-order valence-corrected chi connectivity index (χ4v) is 5.82. The highest BCUT2D eigenvalue weighted by atomic mass is 32.2. The molecule has 0 aliphatic carbocycles. The average molecular weight is 361 g/mol. The number of sulfonamides is 2. The molecule has 8 heteroatoms. The summed E-state index contributed by atoms with van der Waals surface area (Å²) in [4.78, 5) is 0.266. The third-order valence-electron chi connectivity index (χ3n) is 3.90. The van der Waals surface area contributed by atoms with E-state index in [1.165, 1.54) is 8.61 Å². The van der Waals surface area contributed by atoms with E-state index in [9.17, 15) is 16.8 Å². The monoisotopic (exact) mass is 360 g/mol. The third-order valence-corrected chi connectivity index (χ3v) is 7.87. The fourth-order valence-electron chi connectivity index (χ4n) is 2.70. The zero-order valence-corrected chi connectivity index (χ0v) is 15.2. The van der Waals surface area contributed by atoms with Crippen LogP contribution in [0.4, 0.5) is 0 Å². The van der Waals surface area contributed by atoms with Crippen LogP contribution in [0, 0.1) is 6.92 Å². The predicted molar refractivity (Wildman–Crippen MR) is 90.2 cm³/mol. The molecule has 1 aromatic carbocycles. The summed E-state index contributed by atoms with van der Waals surface area (Å²) in [5.74, 6) is 0.109. The Hall–Kier alpha value is -0.960. The Morgan fingerprint density at radius 2 is 1.65 bits per heavy atom. The summed E-state index contributed by atoms with van der Waals surface area (Å²) in [7, 11) is -6.86. The Morgan fingerprint density at radius 1 is 1.00 bits per heavy atom. The molecule has 2 rings (SSSR count). The van der Waals surface area contributed by atoms with Crippen molar-refractivity contribution in [1.29, 1.82) is 0 Å². The largest absolute Gasteiger partial charge is 0.243 e. The van der Waals surface area contributed by atoms with Gasteiger partial charge in [-0.05, 0) is 37.5 Å². The van der Waals surface area contributed by atoms with Crippen molar-refractivity contribution >= 4 is 20.0 Å². The average Bonchev–Trinajstić information content (AvgIpc) is 2.74. The van der Waals surface area contributed by atoms with Crippen LogP contribution in [0.2, 0.25) is 0 Å². The van der Waals surface area contributed by atoms with Crippen LogP contribution in [-0.2, 0) is 20.0 Å². The number of nitrogens with zero attached hydrogens (tertiary/aromatic N) is 2. The Balaban J connectivity index is 2.17. The summed E-state index contributed by atoms with van der Waals surface area (Å²) in [6.07, 6.45) is 1.07. The van der Waals surface area contributed by atoms with E-state index in [0.29, 0.717) is 25.9 Å². The van der Waals surface area contributed by atoms with Crippen LogP contribution in [0.5, 0.6) is 0 Å². The van der Waals surface area contributed by atoms with Crippen LogP contribution in [0.25, 0.3) is 0 Å². The smallest absolute Gasteiger partial charge is 0.212 e. The molecule has 1 fully saturated rings. The van der Waals surface area contributed by atoms with E-state index in [4.69, 9.17) is 0 Å². The molecule has 0 radical (unpaired) electrons. The van der Waals surface area contributed by atoms with E-state index >= 15 is 0 Å². The second kappa shape index (κ2) is 7.29. The van der Waals surface area contributed by atoms with Gasteiger partial charge in [0.2, 0.25) is 20.0 Å². The van der Waals surface area contributed by atoms with E-state index in [0.717, 1.165) is 5.56 Å². The van der Waals surface area contributed by atoms with Crippen LogP contribution >= 0.6 is 0 Å². The summed E-state index contributed by atoms with van der Waals surface area (Å²) in [5, 5.41) is 0. The molecule has 6 nitrogen and oxygen atoms in total. The fraction of sp³-hybridized carbons (Fsp3) is 0.600. The van der Waals surface area contributed by atoms with E-state index in [1.807, 2.05) is 19.9 Å². The molecule has 130 valence electrons. The van der Waals surface area contributed by atoms with E-state index in [-0.39, 0.29) is 23.7 Å². The Labute approximate surface area is 139 Å². The summed E-state index contributed by atoms with van der Waals surface area (Å²) >= 11 is 0. The maximum absolute atomic E-state index is 12.7. The molecule has 0 bridgehead atoms. The quantitative estimate of drug-likeness (QED) is 0.796. The van der Waals surface area contributed by atoms with Gasteiger partial charge >= 0.3 is 0 Å². The van der Waals surface area contributed by atoms with Gasteiger partial charge in [0.25, 0.3) is 0 Å². The Bertz CT molecular complexity index is 744. The molecule has 0 atom stereocenters. The third kappa shape index (κ3) is 4.32. The van der Waals surface area contributed by atoms with Gasteiger partial charge in [0.05, 0.1) is 10.6 Å². The molecular formula is C15H24N2O4S2. The first-order chi connectivity index (χ1) is 10.8. The molecule has 0 amide bonds. The maximum Gasteiger partial charge on any atom is 0.243 e. The maximum atomic E-state index is 12.7. The summed E-state index contributed by atoms with van der Waals surface area (Å²) in [6, 6.07) is 6.79. The van der Waals surface area contributed by atoms with Crippen LogP contribution in [0.15, 0.2) is 29.2 Å². The van der Waals surface area contributed by atoms with Crippen LogP contribution in [0.1, 0.15) is 25.3 Å². The molecule has 1 aromatic rings. The minimum atomic E-state index is -3.58. The van der Waals surface area contributed by atoms with Crippen molar-refractivity contribution in [3.8, 4) is 0 Å². The molecule has 0 unspecified atom stereocenters. The van der Waals surface area contributed by atoms with Crippen molar-refractivity contribution in [3.05, 3.63) is 29.8 Å². The molecule has 1 saturated heterocycles. The van der Waals surface area contributed by atoms with Crippen molar-refractivity contribution < 1.29 is 16.8 Å². The molecule has 0 aromatic heterocycles. The van der Waals surface area contributed by atoms with Gasteiger partial charge in [-0.3, -0.25) is 0 Å². The predicted octanol–water partition coefficient (Wildman–Crippen LogP) is 1.43. The SMILES string of the molecule is CCCS(=O)(=O)N1CCCN(S(=O)(=O)c2cccc(C)c2)CC1. The lowest BCUT2D eigenvalue weighted by Gasteiger charge is -2.21. The van der Waals surface area contributed by atoms with Gasteiger partial charge in [0, 0.05) is 26.2 Å². The van der Waals surface area contributed by atoms with Gasteiger partial charge in [-0.2, -0.15) is 4.31 Å². The molecule has 0 N–H and O–H groups in total. The molecule has 0 spiro atoms. The lowest BCUT2D eigenvalue weighted by atomic mass is 10.2. The molecule has 23 heavy (non-hydrogen) atoms. The van der Waals surface area contributed by atoms with Gasteiger partial charge in [-0.1, -0.05) is 19.1 Å². The highest BCUT2D eigenvalue weighted by molar-refractivity contribution is 7.89. The number of hydrogen-bond donors (Lipinski definition) is 0. The first-order valence-corrected chi connectivity index (χ1v) is 10.9. The molecule has 1 heterocycles. The topological polar surface area (TPSA) is 74.8 Å². The zero-order chi connectivity index (χ0) is 17.1. The van der Waals surface area contributed by atoms with Crippen LogP contribution < -0.4 is 0 Å². The van der Waals surface area contributed by atoms with Crippen LogP contribution in [0.3, 0.4) is 0 Å². The van der Waals surface area contributed by atoms with Crippen molar-refractivity contribution in [2.24, 2.45) is 0 Å². The van der Waals surface area contributed by atoms with Crippen molar-refractivity contribution in [2.45, 2.75) is 31.6 Å². The number of benzene rings is 1. The Morgan fingerprint density at radius 3 is 2.30 bits per heavy atom. The lowest BCUT2D eigenvalue weighted by molar-refractivity contribution is 0.404. The minimum Gasteiger partial charge on any atom is -0.212 e. The van der Waals surface area contributed by atoms with Gasteiger partial charge < -0.3 is 0 Å². The number of rotatable bonds is 5. The molecular weight excluding hydrogens is 336 g/mol. The van der Waals surface area contributed by atoms with E-state index < -0.39 is 20.0 Å². The minimum absolute atomic E-state index is 0.109. The normalized spacial score (nSPS) is 18.7. The highest BCUT2D eigenvalue weighted by Gasteiger charge is 2.30. The summed E-state index contributed by atoms with van der Waals surface area (Å²) in [6.45, 7) is 4.80. The summed E-state index contributed by atoms with van der Waals surface area (Å²) in [5.41, 5.74) is 0.882. The number of aryl methyl sites for hydroxylation is 1. The molecule has 0 saturated carbocycles.